The van der Waals surface area contributed by atoms with Crippen molar-refractivity contribution >= 4 is 23.8 Å². The molecule has 24 heavy (non-hydrogen) atoms. The minimum atomic E-state index is -1.64. The average Bonchev–Trinajstić information content (AvgIpc) is 2.42. The molecule has 1 rings (SSSR count). The van der Waals surface area contributed by atoms with E-state index < -0.39 is 48.6 Å². The van der Waals surface area contributed by atoms with Crippen LogP contribution in [0.15, 0.2) is 0 Å². The van der Waals surface area contributed by atoms with Gasteiger partial charge in [0.15, 0.2) is 24.6 Å². The first-order valence-corrected chi connectivity index (χ1v) is 7.21. The van der Waals surface area contributed by atoms with Gasteiger partial charge in [-0.2, -0.15) is 0 Å². The van der Waals surface area contributed by atoms with Gasteiger partial charge in [0, 0.05) is 34.2 Å². The summed E-state index contributed by atoms with van der Waals surface area (Å²) >= 11 is 0. The van der Waals surface area contributed by atoms with Crippen LogP contribution in [0.1, 0.15) is 27.7 Å². The number of aliphatic hydroxyl groups is 1. The number of rotatable bonds is 5. The van der Waals surface area contributed by atoms with Gasteiger partial charge in [-0.3, -0.25) is 19.2 Å². The minimum Gasteiger partial charge on any atom is -0.456 e. The second-order valence-electron chi connectivity index (χ2n) is 5.22. The molecule has 1 heterocycles. The number of carbonyl (C=O) groups is 4. The van der Waals surface area contributed by atoms with Crippen molar-refractivity contribution in [3.8, 4) is 0 Å². The first-order chi connectivity index (χ1) is 11.1. The average molecular weight is 347 g/mol. The molecule has 0 aromatic rings. The molecular weight excluding hydrogens is 326 g/mol. The fourth-order valence-electron chi connectivity index (χ4n) is 2.28. The van der Waals surface area contributed by atoms with Gasteiger partial charge in [-0.15, -0.1) is 0 Å². The molecule has 5 atom stereocenters. The predicted molar refractivity (Wildman–Crippen MR) is 76.2 cm³/mol. The van der Waals surface area contributed by atoms with Crippen LogP contribution < -0.4 is 5.32 Å². The molecule has 1 saturated heterocycles. The summed E-state index contributed by atoms with van der Waals surface area (Å²) < 4.78 is 20.4. The second-order valence-corrected chi connectivity index (χ2v) is 5.22. The maximum absolute atomic E-state index is 11.4. The van der Waals surface area contributed by atoms with E-state index in [-0.39, 0.29) is 12.5 Å². The van der Waals surface area contributed by atoms with Crippen LogP contribution in [0.3, 0.4) is 0 Å². The molecule has 10 heteroatoms. The first kappa shape index (κ1) is 19.8. The quantitative estimate of drug-likeness (QED) is 0.456. The van der Waals surface area contributed by atoms with Gasteiger partial charge in [-0.25, -0.2) is 0 Å². The van der Waals surface area contributed by atoms with Crippen molar-refractivity contribution in [1.82, 2.24) is 5.32 Å². The van der Waals surface area contributed by atoms with Gasteiger partial charge in [-0.05, 0) is 0 Å². The Labute approximate surface area is 138 Å². The van der Waals surface area contributed by atoms with Crippen LogP contribution in [0.2, 0.25) is 0 Å². The van der Waals surface area contributed by atoms with Crippen LogP contribution in [0.5, 0.6) is 0 Å². The van der Waals surface area contributed by atoms with E-state index in [1.165, 1.54) is 6.92 Å². The summed E-state index contributed by atoms with van der Waals surface area (Å²) in [5.41, 5.74) is 0. The molecular formula is C14H21NO9. The minimum absolute atomic E-state index is 0.116. The SMILES string of the molecule is CC(=O)NCC1OC(O)C(OC(C)=O)C(OC(C)=O)C1OC(C)=O. The van der Waals surface area contributed by atoms with E-state index in [4.69, 9.17) is 18.9 Å². The summed E-state index contributed by atoms with van der Waals surface area (Å²) in [5.74, 6) is -2.56. The van der Waals surface area contributed by atoms with Crippen LogP contribution in [-0.4, -0.2) is 66.2 Å². The summed E-state index contributed by atoms with van der Waals surface area (Å²) in [5, 5.41) is 12.5. The molecule has 0 spiro atoms. The van der Waals surface area contributed by atoms with Gasteiger partial charge >= 0.3 is 17.9 Å². The van der Waals surface area contributed by atoms with Gasteiger partial charge in [-0.1, -0.05) is 0 Å². The Morgan fingerprint density at radius 2 is 1.33 bits per heavy atom. The number of hydrogen-bond donors (Lipinski definition) is 2. The zero-order chi connectivity index (χ0) is 18.4. The van der Waals surface area contributed by atoms with Gasteiger partial charge < -0.3 is 29.4 Å². The predicted octanol–water partition coefficient (Wildman–Crippen LogP) is -1.37. The molecule has 1 fully saturated rings. The zero-order valence-corrected chi connectivity index (χ0v) is 13.8. The Morgan fingerprint density at radius 1 is 0.875 bits per heavy atom. The molecule has 0 saturated carbocycles. The maximum Gasteiger partial charge on any atom is 0.303 e. The summed E-state index contributed by atoms with van der Waals surface area (Å²) in [6, 6.07) is 0. The lowest BCUT2D eigenvalue weighted by molar-refractivity contribution is -0.290. The van der Waals surface area contributed by atoms with Gasteiger partial charge in [0.25, 0.3) is 0 Å². The number of carbonyl (C=O) groups excluding carboxylic acids is 4. The maximum atomic E-state index is 11.4. The molecule has 1 aliphatic heterocycles. The van der Waals surface area contributed by atoms with Crippen LogP contribution in [0, 0.1) is 0 Å². The third kappa shape index (κ3) is 5.78. The summed E-state index contributed by atoms with van der Waals surface area (Å²) in [7, 11) is 0. The molecule has 0 aromatic heterocycles. The van der Waals surface area contributed by atoms with E-state index in [1.807, 2.05) is 0 Å². The molecule has 0 bridgehead atoms. The standard InChI is InChI=1S/C14H21NO9/c1-6(16)15-5-10-11(21-7(2)17)12(22-8(3)18)13(14(20)24-10)23-9(4)19/h10-14,20H,5H2,1-4H3,(H,15,16). The van der Waals surface area contributed by atoms with E-state index in [9.17, 15) is 24.3 Å². The van der Waals surface area contributed by atoms with Crippen LogP contribution >= 0.6 is 0 Å². The van der Waals surface area contributed by atoms with Crippen molar-refractivity contribution in [3.63, 3.8) is 0 Å². The molecule has 1 amide bonds. The first-order valence-electron chi connectivity index (χ1n) is 7.21. The smallest absolute Gasteiger partial charge is 0.303 e. The third-order valence-electron chi connectivity index (χ3n) is 3.07. The summed E-state index contributed by atoms with van der Waals surface area (Å²) in [6.07, 6.45) is -6.51. The van der Waals surface area contributed by atoms with Gasteiger partial charge in [0.05, 0.1) is 0 Å². The molecule has 1 aliphatic rings. The van der Waals surface area contributed by atoms with Crippen molar-refractivity contribution in [2.45, 2.75) is 58.4 Å². The van der Waals surface area contributed by atoms with Crippen molar-refractivity contribution in [3.05, 3.63) is 0 Å². The van der Waals surface area contributed by atoms with Crippen LogP contribution in [0.4, 0.5) is 0 Å². The third-order valence-corrected chi connectivity index (χ3v) is 3.07. The Morgan fingerprint density at radius 3 is 1.79 bits per heavy atom. The Bertz CT molecular complexity index is 506. The van der Waals surface area contributed by atoms with Crippen molar-refractivity contribution < 1.29 is 43.2 Å². The topological polar surface area (TPSA) is 137 Å². The van der Waals surface area contributed by atoms with Gasteiger partial charge in [0.1, 0.15) is 6.10 Å². The van der Waals surface area contributed by atoms with E-state index in [1.54, 1.807) is 0 Å². The Balaban J connectivity index is 3.11. The zero-order valence-electron chi connectivity index (χ0n) is 13.8. The van der Waals surface area contributed by atoms with Crippen molar-refractivity contribution in [1.29, 1.82) is 0 Å². The summed E-state index contributed by atoms with van der Waals surface area (Å²) in [6.45, 7) is 4.49. The van der Waals surface area contributed by atoms with Crippen molar-refractivity contribution in [2.24, 2.45) is 0 Å². The molecule has 0 radical (unpaired) electrons. The molecule has 0 aliphatic carbocycles. The molecule has 0 aromatic carbocycles. The van der Waals surface area contributed by atoms with Crippen molar-refractivity contribution in [2.75, 3.05) is 6.54 Å². The van der Waals surface area contributed by atoms with E-state index in [2.05, 4.69) is 5.32 Å². The highest BCUT2D eigenvalue weighted by Crippen LogP contribution is 2.27. The highest BCUT2D eigenvalue weighted by atomic mass is 16.7. The normalized spacial score (nSPS) is 29.3. The Kier molecular flexibility index (Phi) is 7.11. The fourth-order valence-corrected chi connectivity index (χ4v) is 2.28. The number of nitrogens with one attached hydrogen (secondary N) is 1. The monoisotopic (exact) mass is 347 g/mol. The second kappa shape index (κ2) is 8.60. The number of amides is 1. The van der Waals surface area contributed by atoms with Gasteiger partial charge in [0.2, 0.25) is 5.91 Å². The lowest BCUT2D eigenvalue weighted by Gasteiger charge is -2.42. The number of ether oxygens (including phenoxy) is 4. The van der Waals surface area contributed by atoms with Crippen LogP contribution in [0.25, 0.3) is 0 Å². The molecule has 2 N–H and O–H groups in total. The number of hydrogen-bond acceptors (Lipinski definition) is 9. The largest absolute Gasteiger partial charge is 0.456 e. The molecule has 10 nitrogen and oxygen atoms in total. The lowest BCUT2D eigenvalue weighted by Crippen LogP contribution is -2.63. The Hall–Kier alpha value is -2.20. The van der Waals surface area contributed by atoms with E-state index in [0.29, 0.717) is 0 Å². The van der Waals surface area contributed by atoms with Crippen LogP contribution in [-0.2, 0) is 38.1 Å². The number of aliphatic hydroxyl groups excluding tert-OH is 1. The van der Waals surface area contributed by atoms with E-state index in [0.717, 1.165) is 20.8 Å². The molecule has 136 valence electrons. The highest BCUT2D eigenvalue weighted by Gasteiger charge is 2.51. The molecule has 5 unspecified atom stereocenters. The summed E-state index contributed by atoms with van der Waals surface area (Å²) in [4.78, 5) is 45.0. The fraction of sp³-hybridized carbons (Fsp3) is 0.714. The lowest BCUT2D eigenvalue weighted by atomic mass is 9.97. The number of esters is 3. The highest BCUT2D eigenvalue weighted by molar-refractivity contribution is 5.73. The van der Waals surface area contributed by atoms with E-state index >= 15 is 0 Å².